The predicted molar refractivity (Wildman–Crippen MR) is 67.5 cm³/mol. The number of nitrogens with one attached hydrogen (secondary N) is 1. The van der Waals surface area contributed by atoms with Gasteiger partial charge >= 0.3 is 0 Å². The van der Waals surface area contributed by atoms with E-state index >= 15 is 0 Å². The Morgan fingerprint density at radius 3 is 3.22 bits per heavy atom. The molecule has 2 aromatic heterocycles. The number of carbonyl (C=O) groups is 1. The molecule has 1 fully saturated rings. The van der Waals surface area contributed by atoms with Crippen molar-refractivity contribution in [1.29, 1.82) is 0 Å². The van der Waals surface area contributed by atoms with Crippen molar-refractivity contribution in [2.75, 3.05) is 19.8 Å². The van der Waals surface area contributed by atoms with Gasteiger partial charge in [-0.2, -0.15) is 16.4 Å². The third-order valence-corrected chi connectivity index (χ3v) is 3.72. The van der Waals surface area contributed by atoms with E-state index in [2.05, 4.69) is 10.2 Å². The van der Waals surface area contributed by atoms with Crippen molar-refractivity contribution in [3.63, 3.8) is 0 Å². The number of hydrogen-bond acceptors (Lipinski definition) is 4. The Morgan fingerprint density at radius 2 is 2.50 bits per heavy atom. The van der Waals surface area contributed by atoms with Crippen LogP contribution < -0.4 is 0 Å². The van der Waals surface area contributed by atoms with Crippen molar-refractivity contribution in [2.24, 2.45) is 0 Å². The van der Waals surface area contributed by atoms with E-state index in [0.29, 0.717) is 19.8 Å². The lowest BCUT2D eigenvalue weighted by Gasteiger charge is -2.34. The molecule has 94 valence electrons. The van der Waals surface area contributed by atoms with Crippen LogP contribution in [0.2, 0.25) is 0 Å². The van der Waals surface area contributed by atoms with Crippen LogP contribution in [-0.4, -0.2) is 40.8 Å². The Labute approximate surface area is 108 Å². The van der Waals surface area contributed by atoms with Gasteiger partial charge < -0.3 is 9.64 Å². The van der Waals surface area contributed by atoms with Gasteiger partial charge in [0.05, 0.1) is 30.5 Å². The van der Waals surface area contributed by atoms with E-state index in [-0.39, 0.29) is 11.9 Å². The lowest BCUT2D eigenvalue weighted by atomic mass is 10.1. The van der Waals surface area contributed by atoms with E-state index in [0.717, 1.165) is 11.3 Å². The summed E-state index contributed by atoms with van der Waals surface area (Å²) in [5.41, 5.74) is 1.66. The molecule has 2 aromatic rings. The van der Waals surface area contributed by atoms with Gasteiger partial charge in [-0.3, -0.25) is 9.89 Å². The predicted octanol–water partition coefficient (Wildman–Crippen LogP) is 1.68. The highest BCUT2D eigenvalue weighted by atomic mass is 32.1. The average molecular weight is 263 g/mol. The van der Waals surface area contributed by atoms with Gasteiger partial charge in [-0.1, -0.05) is 0 Å². The molecular weight excluding hydrogens is 250 g/mol. The van der Waals surface area contributed by atoms with E-state index in [1.165, 1.54) is 11.3 Å². The number of thiophene rings is 1. The maximum atomic E-state index is 12.4. The number of rotatable bonds is 2. The molecule has 5 nitrogen and oxygen atoms in total. The molecule has 1 aliphatic rings. The Balaban J connectivity index is 1.86. The number of nitrogens with zero attached hydrogens (tertiary/aromatic N) is 2. The summed E-state index contributed by atoms with van der Waals surface area (Å²) in [5.74, 6) is 0.0548. The Bertz CT molecular complexity index is 509. The molecule has 1 amide bonds. The summed E-state index contributed by atoms with van der Waals surface area (Å²) in [5, 5.41) is 10.6. The maximum Gasteiger partial charge on any atom is 0.255 e. The van der Waals surface area contributed by atoms with E-state index in [4.69, 9.17) is 4.74 Å². The standard InChI is InChI=1S/C12H13N3O2S/c16-12(9-2-6-18-8-9)15-4-5-17-7-11(15)10-1-3-13-14-10/h1-3,6,8,11H,4-5,7H2,(H,13,14)/t11-/m0/s1. The van der Waals surface area contributed by atoms with Crippen molar-refractivity contribution in [3.05, 3.63) is 40.3 Å². The summed E-state index contributed by atoms with van der Waals surface area (Å²) in [6, 6.07) is 3.66. The van der Waals surface area contributed by atoms with Gasteiger partial charge in [-0.25, -0.2) is 0 Å². The summed E-state index contributed by atoms with van der Waals surface area (Å²) < 4.78 is 5.46. The second-order valence-electron chi connectivity index (χ2n) is 4.11. The van der Waals surface area contributed by atoms with Crippen LogP contribution in [0.25, 0.3) is 0 Å². The highest BCUT2D eigenvalue weighted by molar-refractivity contribution is 7.08. The topological polar surface area (TPSA) is 58.2 Å². The van der Waals surface area contributed by atoms with Crippen molar-refractivity contribution < 1.29 is 9.53 Å². The van der Waals surface area contributed by atoms with Gasteiger partial charge in [-0.15, -0.1) is 0 Å². The first kappa shape index (κ1) is 11.4. The molecular formula is C12H13N3O2S. The first-order valence-electron chi connectivity index (χ1n) is 5.76. The molecule has 0 radical (unpaired) electrons. The second-order valence-corrected chi connectivity index (χ2v) is 4.89. The minimum absolute atomic E-state index is 0.0548. The third-order valence-electron chi connectivity index (χ3n) is 3.04. The highest BCUT2D eigenvalue weighted by Gasteiger charge is 2.30. The zero-order valence-electron chi connectivity index (χ0n) is 9.70. The van der Waals surface area contributed by atoms with Crippen LogP contribution in [0, 0.1) is 0 Å². The first-order valence-corrected chi connectivity index (χ1v) is 6.71. The van der Waals surface area contributed by atoms with Crippen molar-refractivity contribution in [1.82, 2.24) is 15.1 Å². The molecule has 6 heteroatoms. The molecule has 3 heterocycles. The number of aromatic amines is 1. The number of H-pyrrole nitrogens is 1. The fourth-order valence-corrected chi connectivity index (χ4v) is 2.74. The molecule has 0 aromatic carbocycles. The van der Waals surface area contributed by atoms with E-state index in [9.17, 15) is 4.79 Å². The van der Waals surface area contributed by atoms with Gasteiger partial charge in [0.2, 0.25) is 0 Å². The van der Waals surface area contributed by atoms with Crippen LogP contribution in [0.5, 0.6) is 0 Å². The molecule has 18 heavy (non-hydrogen) atoms. The van der Waals surface area contributed by atoms with Crippen LogP contribution in [0.15, 0.2) is 29.1 Å². The number of aromatic nitrogens is 2. The molecule has 1 N–H and O–H groups in total. The molecule has 1 saturated heterocycles. The second kappa shape index (κ2) is 4.91. The molecule has 3 rings (SSSR count). The Morgan fingerprint density at radius 1 is 1.56 bits per heavy atom. The van der Waals surface area contributed by atoms with E-state index in [1.807, 2.05) is 27.8 Å². The minimum atomic E-state index is -0.0753. The summed E-state index contributed by atoms with van der Waals surface area (Å²) in [7, 11) is 0. The lowest BCUT2D eigenvalue weighted by Crippen LogP contribution is -2.43. The molecule has 0 spiro atoms. The first-order chi connectivity index (χ1) is 8.86. The van der Waals surface area contributed by atoms with Crippen LogP contribution >= 0.6 is 11.3 Å². The fourth-order valence-electron chi connectivity index (χ4n) is 2.11. The zero-order valence-corrected chi connectivity index (χ0v) is 10.5. The molecule has 1 atom stereocenters. The summed E-state index contributed by atoms with van der Waals surface area (Å²) in [6.45, 7) is 1.71. The number of carbonyl (C=O) groups excluding carboxylic acids is 1. The molecule has 1 aliphatic heterocycles. The van der Waals surface area contributed by atoms with Crippen LogP contribution in [-0.2, 0) is 4.74 Å². The van der Waals surface area contributed by atoms with E-state index in [1.54, 1.807) is 6.20 Å². The van der Waals surface area contributed by atoms with Gasteiger partial charge in [0, 0.05) is 18.1 Å². The number of ether oxygens (including phenoxy) is 1. The van der Waals surface area contributed by atoms with Crippen molar-refractivity contribution in [3.8, 4) is 0 Å². The van der Waals surface area contributed by atoms with Gasteiger partial charge in [-0.05, 0) is 17.5 Å². The van der Waals surface area contributed by atoms with Gasteiger partial charge in [0.15, 0.2) is 0 Å². The average Bonchev–Trinajstić information content (AvgIpc) is 3.11. The summed E-state index contributed by atoms with van der Waals surface area (Å²) >= 11 is 1.53. The van der Waals surface area contributed by atoms with Gasteiger partial charge in [0.1, 0.15) is 0 Å². The summed E-state index contributed by atoms with van der Waals surface area (Å²) in [6.07, 6.45) is 1.69. The number of hydrogen-bond donors (Lipinski definition) is 1. The Hall–Kier alpha value is -1.66. The highest BCUT2D eigenvalue weighted by Crippen LogP contribution is 2.24. The quantitative estimate of drug-likeness (QED) is 0.897. The van der Waals surface area contributed by atoms with Crippen LogP contribution in [0.4, 0.5) is 0 Å². The maximum absolute atomic E-state index is 12.4. The van der Waals surface area contributed by atoms with Crippen molar-refractivity contribution >= 4 is 17.2 Å². The Kier molecular flexibility index (Phi) is 3.12. The smallest absolute Gasteiger partial charge is 0.255 e. The monoisotopic (exact) mass is 263 g/mol. The number of amides is 1. The fraction of sp³-hybridized carbons (Fsp3) is 0.333. The van der Waals surface area contributed by atoms with Crippen LogP contribution in [0.3, 0.4) is 0 Å². The van der Waals surface area contributed by atoms with Gasteiger partial charge in [0.25, 0.3) is 5.91 Å². The minimum Gasteiger partial charge on any atom is -0.377 e. The SMILES string of the molecule is O=C(c1ccsc1)N1CCOC[C@H]1c1ccn[nH]1. The molecule has 0 aliphatic carbocycles. The largest absolute Gasteiger partial charge is 0.377 e. The molecule has 0 unspecified atom stereocenters. The lowest BCUT2D eigenvalue weighted by molar-refractivity contribution is -0.00388. The van der Waals surface area contributed by atoms with Crippen LogP contribution in [0.1, 0.15) is 22.1 Å². The third kappa shape index (κ3) is 2.04. The summed E-state index contributed by atoms with van der Waals surface area (Å²) in [4.78, 5) is 14.3. The normalized spacial score (nSPS) is 20.0. The van der Waals surface area contributed by atoms with Crippen molar-refractivity contribution in [2.45, 2.75) is 6.04 Å². The number of morpholine rings is 1. The van der Waals surface area contributed by atoms with E-state index < -0.39 is 0 Å². The molecule has 0 saturated carbocycles. The zero-order chi connectivity index (χ0) is 12.4. The molecule has 0 bridgehead atoms.